The fourth-order valence-electron chi connectivity index (χ4n) is 5.13. The van der Waals surface area contributed by atoms with E-state index in [2.05, 4.69) is 32.4 Å². The third-order valence-electron chi connectivity index (χ3n) is 6.60. The Kier molecular flexibility index (Phi) is 3.89. The summed E-state index contributed by atoms with van der Waals surface area (Å²) >= 11 is 1.67. The van der Waals surface area contributed by atoms with E-state index in [0.29, 0.717) is 12.8 Å². The Balaban J connectivity index is 1.23. The Morgan fingerprint density at radius 2 is 1.90 bits per heavy atom. The number of ether oxygens (including phenoxy) is 1. The smallest absolute Gasteiger partial charge is 0.257 e. The topological polar surface area (TPSA) is 58.6 Å². The van der Waals surface area contributed by atoms with Gasteiger partial charge in [-0.2, -0.15) is 0 Å². The normalized spacial score (nSPS) is 25.9. The maximum atomic E-state index is 13.5. The lowest BCUT2D eigenvalue weighted by Crippen LogP contribution is -2.50. The minimum Gasteiger partial charge on any atom is -0.355 e. The van der Waals surface area contributed by atoms with E-state index in [0.717, 1.165) is 42.0 Å². The number of fused-ring (bicyclic) bond motifs is 2. The number of carbonyl (C=O) groups is 1. The SMILES string of the molecule is O=C1N2[C@@H](CC[C@H]2c2ccccc2)OC12CCN(c1ncnc3ccsc13)CC2. The van der Waals surface area contributed by atoms with Gasteiger partial charge >= 0.3 is 0 Å². The molecule has 1 spiro atoms. The van der Waals surface area contributed by atoms with Crippen molar-refractivity contribution in [3.05, 3.63) is 53.7 Å². The average Bonchev–Trinajstić information content (AvgIpc) is 3.46. The Hall–Kier alpha value is -2.51. The first kappa shape index (κ1) is 17.4. The zero-order chi connectivity index (χ0) is 19.4. The first-order valence-electron chi connectivity index (χ1n) is 10.2. The molecule has 3 saturated heterocycles. The van der Waals surface area contributed by atoms with Crippen molar-refractivity contribution in [2.75, 3.05) is 18.0 Å². The molecule has 6 rings (SSSR count). The zero-order valence-electron chi connectivity index (χ0n) is 16.0. The van der Waals surface area contributed by atoms with Gasteiger partial charge in [-0.05, 0) is 29.9 Å². The molecule has 3 aromatic rings. The summed E-state index contributed by atoms with van der Waals surface area (Å²) < 4.78 is 7.57. The summed E-state index contributed by atoms with van der Waals surface area (Å²) in [4.78, 5) is 26.7. The van der Waals surface area contributed by atoms with Crippen molar-refractivity contribution < 1.29 is 9.53 Å². The van der Waals surface area contributed by atoms with Crippen LogP contribution in [0.15, 0.2) is 48.1 Å². The molecule has 3 aliphatic heterocycles. The summed E-state index contributed by atoms with van der Waals surface area (Å²) in [7, 11) is 0. The molecular weight excluding hydrogens is 384 g/mol. The quantitative estimate of drug-likeness (QED) is 0.649. The number of piperidine rings is 1. The largest absolute Gasteiger partial charge is 0.355 e. The molecule has 6 nitrogen and oxygen atoms in total. The number of carbonyl (C=O) groups excluding carboxylic acids is 1. The first-order valence-corrected chi connectivity index (χ1v) is 11.1. The number of nitrogens with zero attached hydrogens (tertiary/aromatic N) is 4. The predicted molar refractivity (Wildman–Crippen MR) is 112 cm³/mol. The molecule has 3 aliphatic rings. The van der Waals surface area contributed by atoms with Crippen LogP contribution in [0.25, 0.3) is 10.2 Å². The second kappa shape index (κ2) is 6.50. The molecule has 1 aromatic carbocycles. The van der Waals surface area contributed by atoms with Crippen LogP contribution in [0.4, 0.5) is 5.82 Å². The van der Waals surface area contributed by atoms with E-state index >= 15 is 0 Å². The molecular formula is C22H22N4O2S. The predicted octanol–water partition coefficient (Wildman–Crippen LogP) is 3.75. The van der Waals surface area contributed by atoms with Crippen LogP contribution >= 0.6 is 11.3 Å². The molecule has 0 bridgehead atoms. The highest BCUT2D eigenvalue weighted by atomic mass is 32.1. The van der Waals surface area contributed by atoms with E-state index in [1.54, 1.807) is 17.7 Å². The van der Waals surface area contributed by atoms with Crippen LogP contribution in [0.1, 0.15) is 37.3 Å². The van der Waals surface area contributed by atoms with Crippen molar-refractivity contribution in [2.24, 2.45) is 0 Å². The molecule has 0 N–H and O–H groups in total. The Morgan fingerprint density at radius 1 is 1.07 bits per heavy atom. The summed E-state index contributed by atoms with van der Waals surface area (Å²) in [6, 6.07) is 12.5. The van der Waals surface area contributed by atoms with Gasteiger partial charge in [0.15, 0.2) is 5.60 Å². The second-order valence-electron chi connectivity index (χ2n) is 8.10. The van der Waals surface area contributed by atoms with Gasteiger partial charge in [0, 0.05) is 25.9 Å². The van der Waals surface area contributed by atoms with Gasteiger partial charge in [-0.15, -0.1) is 11.3 Å². The summed E-state index contributed by atoms with van der Waals surface area (Å²) in [5.41, 5.74) is 1.53. The summed E-state index contributed by atoms with van der Waals surface area (Å²) in [6.07, 6.45) is 4.85. The van der Waals surface area contributed by atoms with Crippen LogP contribution < -0.4 is 4.90 Å². The average molecular weight is 407 g/mol. The van der Waals surface area contributed by atoms with E-state index in [-0.39, 0.29) is 18.2 Å². The van der Waals surface area contributed by atoms with Gasteiger partial charge in [-0.3, -0.25) is 4.79 Å². The molecule has 7 heteroatoms. The Morgan fingerprint density at radius 3 is 2.72 bits per heavy atom. The lowest BCUT2D eigenvalue weighted by molar-refractivity contribution is -0.140. The minimum atomic E-state index is -0.670. The maximum Gasteiger partial charge on any atom is 0.257 e. The molecule has 2 atom stereocenters. The highest BCUT2D eigenvalue weighted by molar-refractivity contribution is 7.17. The van der Waals surface area contributed by atoms with Crippen LogP contribution in [0, 0.1) is 0 Å². The number of anilines is 1. The minimum absolute atomic E-state index is 0.0812. The molecule has 3 fully saturated rings. The van der Waals surface area contributed by atoms with E-state index in [1.807, 2.05) is 29.2 Å². The van der Waals surface area contributed by atoms with Crippen molar-refractivity contribution in [1.29, 1.82) is 0 Å². The van der Waals surface area contributed by atoms with Crippen LogP contribution in [-0.2, 0) is 9.53 Å². The lowest BCUT2D eigenvalue weighted by atomic mass is 9.89. The number of amides is 1. The molecule has 29 heavy (non-hydrogen) atoms. The Bertz CT molecular complexity index is 1060. The number of hydrogen-bond donors (Lipinski definition) is 0. The van der Waals surface area contributed by atoms with E-state index in [4.69, 9.17) is 4.74 Å². The second-order valence-corrected chi connectivity index (χ2v) is 9.02. The van der Waals surface area contributed by atoms with Crippen LogP contribution in [-0.4, -0.2) is 45.7 Å². The van der Waals surface area contributed by atoms with E-state index < -0.39 is 5.60 Å². The molecule has 148 valence electrons. The van der Waals surface area contributed by atoms with Crippen LogP contribution in [0.2, 0.25) is 0 Å². The van der Waals surface area contributed by atoms with Gasteiger partial charge in [-0.1, -0.05) is 30.3 Å². The van der Waals surface area contributed by atoms with E-state index in [1.165, 1.54) is 5.56 Å². The van der Waals surface area contributed by atoms with Gasteiger partial charge in [0.05, 0.1) is 16.3 Å². The summed E-state index contributed by atoms with van der Waals surface area (Å²) in [6.45, 7) is 1.54. The molecule has 0 radical (unpaired) electrons. The molecule has 5 heterocycles. The van der Waals surface area contributed by atoms with Crippen LogP contribution in [0.5, 0.6) is 0 Å². The summed E-state index contributed by atoms with van der Waals surface area (Å²) in [5.74, 6) is 1.16. The fourth-order valence-corrected chi connectivity index (χ4v) is 5.99. The summed E-state index contributed by atoms with van der Waals surface area (Å²) in [5, 5.41) is 2.05. The van der Waals surface area contributed by atoms with E-state index in [9.17, 15) is 4.79 Å². The first-order chi connectivity index (χ1) is 14.3. The standard InChI is InChI=1S/C22H22N4O2S/c27-21-22(28-18-7-6-17(26(18)21)15-4-2-1-3-5-15)9-11-25(12-10-22)20-19-16(8-13-29-19)23-14-24-20/h1-5,8,13-14,17-18H,6-7,9-12H2/t17-,18+/m0/s1. The number of benzene rings is 1. The molecule has 0 aliphatic carbocycles. The zero-order valence-corrected chi connectivity index (χ0v) is 16.8. The van der Waals surface area contributed by atoms with Gasteiger partial charge < -0.3 is 14.5 Å². The van der Waals surface area contributed by atoms with Crippen molar-refractivity contribution >= 4 is 33.3 Å². The molecule has 0 saturated carbocycles. The number of rotatable bonds is 2. The van der Waals surface area contributed by atoms with Crippen molar-refractivity contribution in [2.45, 2.75) is 43.6 Å². The maximum absolute atomic E-state index is 13.5. The highest BCUT2D eigenvalue weighted by Crippen LogP contribution is 2.48. The highest BCUT2D eigenvalue weighted by Gasteiger charge is 2.58. The van der Waals surface area contributed by atoms with Crippen molar-refractivity contribution in [3.8, 4) is 0 Å². The lowest BCUT2D eigenvalue weighted by Gasteiger charge is -2.38. The van der Waals surface area contributed by atoms with Gasteiger partial charge in [0.2, 0.25) is 0 Å². The monoisotopic (exact) mass is 406 g/mol. The van der Waals surface area contributed by atoms with Gasteiger partial charge in [0.25, 0.3) is 5.91 Å². The Labute approximate surface area is 173 Å². The fraction of sp³-hybridized carbons (Fsp3) is 0.409. The third kappa shape index (κ3) is 2.60. The van der Waals surface area contributed by atoms with Crippen LogP contribution in [0.3, 0.4) is 0 Å². The number of aromatic nitrogens is 2. The third-order valence-corrected chi connectivity index (χ3v) is 7.50. The number of hydrogen-bond acceptors (Lipinski definition) is 6. The molecule has 1 amide bonds. The molecule has 0 unspecified atom stereocenters. The molecule has 2 aromatic heterocycles. The van der Waals surface area contributed by atoms with Crippen molar-refractivity contribution in [3.63, 3.8) is 0 Å². The van der Waals surface area contributed by atoms with Gasteiger partial charge in [0.1, 0.15) is 18.4 Å². The van der Waals surface area contributed by atoms with Crippen molar-refractivity contribution in [1.82, 2.24) is 14.9 Å². The van der Waals surface area contributed by atoms with Gasteiger partial charge in [-0.25, -0.2) is 9.97 Å². The number of thiophene rings is 1.